The van der Waals surface area contributed by atoms with Crippen molar-refractivity contribution in [2.24, 2.45) is 0 Å². The lowest BCUT2D eigenvalue weighted by Gasteiger charge is -2.22. The number of carbonyl (C=O) groups excluding carboxylic acids is 1. The molecule has 0 aromatic heterocycles. The number of allylic oxidation sites excluding steroid dienone is 2. The quantitative estimate of drug-likeness (QED) is 0.705. The molecule has 90 valence electrons. The Morgan fingerprint density at radius 3 is 2.81 bits per heavy atom. The molecule has 16 heavy (non-hydrogen) atoms. The fourth-order valence-electron chi connectivity index (χ4n) is 1.46. The Hall–Kier alpha value is -0.450. The number of unbranched alkanes of at least 4 members (excludes halogenated alkanes) is 1. The van der Waals surface area contributed by atoms with Gasteiger partial charge in [0, 0.05) is 13.7 Å². The Morgan fingerprint density at radius 2 is 2.19 bits per heavy atom. The second-order valence-corrected chi connectivity index (χ2v) is 4.51. The van der Waals surface area contributed by atoms with Crippen LogP contribution in [0.5, 0.6) is 0 Å². The monoisotopic (exact) mass is 288 g/mol. The molecule has 3 nitrogen and oxygen atoms in total. The number of ether oxygens (including phenoxy) is 2. The molecule has 0 saturated heterocycles. The van der Waals surface area contributed by atoms with E-state index >= 15 is 0 Å². The summed E-state index contributed by atoms with van der Waals surface area (Å²) in [5, 5.41) is 0. The third kappa shape index (κ3) is 3.54. The summed E-state index contributed by atoms with van der Waals surface area (Å²) in [5.74, 6) is -0.0225. The number of hydrogen-bond acceptors (Lipinski definition) is 3. The van der Waals surface area contributed by atoms with Gasteiger partial charge in [-0.25, -0.2) is 0 Å². The molecule has 0 amide bonds. The van der Waals surface area contributed by atoms with Gasteiger partial charge in [-0.05, 0) is 34.0 Å². The van der Waals surface area contributed by atoms with Gasteiger partial charge in [0.1, 0.15) is 6.10 Å². The Kier molecular flexibility index (Phi) is 5.95. The van der Waals surface area contributed by atoms with Crippen molar-refractivity contribution in [3.05, 3.63) is 22.2 Å². The molecule has 0 heterocycles. The normalized spacial score (nSPS) is 20.7. The van der Waals surface area contributed by atoms with Gasteiger partial charge in [-0.15, -0.1) is 0 Å². The largest absolute Gasteiger partial charge is 0.380 e. The van der Waals surface area contributed by atoms with Crippen LogP contribution >= 0.6 is 15.9 Å². The zero-order chi connectivity index (χ0) is 12.0. The lowest BCUT2D eigenvalue weighted by Crippen LogP contribution is -2.31. The van der Waals surface area contributed by atoms with Crippen LogP contribution in [0.2, 0.25) is 0 Å². The van der Waals surface area contributed by atoms with E-state index in [0.29, 0.717) is 17.7 Å². The van der Waals surface area contributed by atoms with Gasteiger partial charge in [-0.1, -0.05) is 19.4 Å². The molecule has 0 aromatic rings. The summed E-state index contributed by atoms with van der Waals surface area (Å²) < 4.78 is 11.2. The van der Waals surface area contributed by atoms with Gasteiger partial charge in [0.15, 0.2) is 0 Å². The third-order valence-corrected chi connectivity index (χ3v) is 3.00. The first-order chi connectivity index (χ1) is 7.70. The summed E-state index contributed by atoms with van der Waals surface area (Å²) >= 11 is 3.23. The molecule has 0 saturated carbocycles. The number of carbonyl (C=O) groups is 1. The average molecular weight is 289 g/mol. The van der Waals surface area contributed by atoms with Crippen molar-refractivity contribution in [3.8, 4) is 0 Å². The predicted octanol–water partition coefficient (Wildman–Crippen LogP) is 2.61. The minimum Gasteiger partial charge on any atom is -0.380 e. The van der Waals surface area contributed by atoms with Gasteiger partial charge in [0.2, 0.25) is 5.78 Å². The van der Waals surface area contributed by atoms with Gasteiger partial charge in [0.05, 0.1) is 11.1 Å². The van der Waals surface area contributed by atoms with Crippen LogP contribution in [0.1, 0.15) is 19.8 Å². The van der Waals surface area contributed by atoms with Gasteiger partial charge in [-0.3, -0.25) is 4.79 Å². The van der Waals surface area contributed by atoms with Crippen molar-refractivity contribution in [1.29, 1.82) is 0 Å². The van der Waals surface area contributed by atoms with E-state index in [9.17, 15) is 4.79 Å². The van der Waals surface area contributed by atoms with Crippen LogP contribution < -0.4 is 0 Å². The van der Waals surface area contributed by atoms with Gasteiger partial charge < -0.3 is 9.47 Å². The number of halogens is 1. The lowest BCUT2D eigenvalue weighted by molar-refractivity contribution is -0.124. The zero-order valence-corrected chi connectivity index (χ0v) is 11.2. The van der Waals surface area contributed by atoms with Gasteiger partial charge in [-0.2, -0.15) is 0 Å². The number of hydrogen-bond donors (Lipinski definition) is 0. The van der Waals surface area contributed by atoms with E-state index in [1.54, 1.807) is 13.2 Å². The van der Waals surface area contributed by atoms with Crippen LogP contribution in [-0.4, -0.2) is 32.2 Å². The molecule has 0 N–H and O–H groups in total. The fourth-order valence-corrected chi connectivity index (χ4v) is 1.80. The molecule has 1 aliphatic rings. The molecule has 1 unspecified atom stereocenters. The second kappa shape index (κ2) is 6.99. The Labute approximate surface area is 105 Å². The Bertz CT molecular complexity index is 307. The van der Waals surface area contributed by atoms with Crippen LogP contribution in [0.4, 0.5) is 0 Å². The van der Waals surface area contributed by atoms with Crippen molar-refractivity contribution in [2.45, 2.75) is 25.9 Å². The summed E-state index contributed by atoms with van der Waals surface area (Å²) in [5.41, 5.74) is 0.881. The molecule has 0 spiro atoms. The number of ketones is 1. The molecule has 4 heteroatoms. The van der Waals surface area contributed by atoms with Crippen molar-refractivity contribution in [1.82, 2.24) is 0 Å². The minimum absolute atomic E-state index is 0.0225. The van der Waals surface area contributed by atoms with Crippen molar-refractivity contribution < 1.29 is 14.3 Å². The van der Waals surface area contributed by atoms with E-state index < -0.39 is 6.10 Å². The van der Waals surface area contributed by atoms with E-state index in [-0.39, 0.29) is 5.78 Å². The molecule has 1 atom stereocenters. The van der Waals surface area contributed by atoms with Crippen LogP contribution in [0.15, 0.2) is 22.2 Å². The van der Waals surface area contributed by atoms with E-state index in [1.165, 1.54) is 0 Å². The highest BCUT2D eigenvalue weighted by molar-refractivity contribution is 9.12. The Balaban J connectivity index is 2.66. The highest BCUT2D eigenvalue weighted by Crippen LogP contribution is 2.22. The minimum atomic E-state index is -0.481. The molecule has 0 aromatic carbocycles. The Morgan fingerprint density at radius 1 is 1.44 bits per heavy atom. The number of methoxy groups -OCH3 is 1. The number of rotatable bonds is 6. The molecule has 0 aliphatic heterocycles. The molecular formula is C12H17BrO3. The third-order valence-electron chi connectivity index (χ3n) is 2.35. The van der Waals surface area contributed by atoms with Crippen LogP contribution in [0, 0.1) is 0 Å². The van der Waals surface area contributed by atoms with E-state index in [2.05, 4.69) is 22.9 Å². The summed E-state index contributed by atoms with van der Waals surface area (Å²) in [4.78, 5) is 11.9. The second-order valence-electron chi connectivity index (χ2n) is 3.66. The first kappa shape index (κ1) is 13.6. The SMILES string of the molecule is CCCCOC1C(=O)C(Br)=CC=C1COC. The first-order valence-corrected chi connectivity index (χ1v) is 6.21. The van der Waals surface area contributed by atoms with Crippen LogP contribution in [0.25, 0.3) is 0 Å². The maximum atomic E-state index is 11.9. The molecule has 1 aliphatic carbocycles. The molecule has 0 radical (unpaired) electrons. The van der Waals surface area contributed by atoms with Gasteiger partial charge >= 0.3 is 0 Å². The molecular weight excluding hydrogens is 272 g/mol. The maximum Gasteiger partial charge on any atom is 0.202 e. The zero-order valence-electron chi connectivity index (χ0n) is 9.66. The van der Waals surface area contributed by atoms with Crippen molar-refractivity contribution in [3.63, 3.8) is 0 Å². The highest BCUT2D eigenvalue weighted by atomic mass is 79.9. The summed E-state index contributed by atoms with van der Waals surface area (Å²) in [6.07, 6.45) is 5.17. The molecule has 0 bridgehead atoms. The van der Waals surface area contributed by atoms with Crippen LogP contribution in [0.3, 0.4) is 0 Å². The fraction of sp³-hybridized carbons (Fsp3) is 0.583. The smallest absolute Gasteiger partial charge is 0.202 e. The lowest BCUT2D eigenvalue weighted by atomic mass is 10.0. The van der Waals surface area contributed by atoms with E-state index in [0.717, 1.165) is 18.4 Å². The summed E-state index contributed by atoms with van der Waals surface area (Å²) in [7, 11) is 1.61. The first-order valence-electron chi connectivity index (χ1n) is 5.41. The van der Waals surface area contributed by atoms with Gasteiger partial charge in [0.25, 0.3) is 0 Å². The standard InChI is InChI=1S/C12H17BrO3/c1-3-4-7-16-12-9(8-15-2)5-6-10(13)11(12)14/h5-6,12H,3-4,7-8H2,1-2H3. The average Bonchev–Trinajstić information content (AvgIpc) is 2.28. The predicted molar refractivity (Wildman–Crippen MR) is 66.6 cm³/mol. The number of Topliss-reactive ketones (excluding diaryl/α,β-unsaturated/α-hetero) is 1. The summed E-state index contributed by atoms with van der Waals surface area (Å²) in [6, 6.07) is 0. The maximum absolute atomic E-state index is 11.9. The summed E-state index contributed by atoms with van der Waals surface area (Å²) in [6.45, 7) is 3.13. The highest BCUT2D eigenvalue weighted by Gasteiger charge is 2.27. The van der Waals surface area contributed by atoms with E-state index in [1.807, 2.05) is 6.08 Å². The topological polar surface area (TPSA) is 35.5 Å². The molecule has 1 rings (SSSR count). The van der Waals surface area contributed by atoms with Crippen molar-refractivity contribution >= 4 is 21.7 Å². The van der Waals surface area contributed by atoms with Crippen LogP contribution in [-0.2, 0) is 14.3 Å². The van der Waals surface area contributed by atoms with Crippen molar-refractivity contribution in [2.75, 3.05) is 20.3 Å². The van der Waals surface area contributed by atoms with E-state index in [4.69, 9.17) is 9.47 Å². The molecule has 0 fully saturated rings.